The Morgan fingerprint density at radius 2 is 2.10 bits per heavy atom. The highest BCUT2D eigenvalue weighted by Gasteiger charge is 2.28. The molecule has 2 N–H and O–H groups in total. The molecule has 6 nitrogen and oxygen atoms in total. The molecule has 0 aliphatic carbocycles. The molecule has 1 atom stereocenters. The van der Waals surface area contributed by atoms with E-state index in [9.17, 15) is 9.59 Å². The van der Waals surface area contributed by atoms with E-state index in [-0.39, 0.29) is 18.2 Å². The molecule has 1 aliphatic heterocycles. The van der Waals surface area contributed by atoms with Crippen LogP contribution in [0.25, 0.3) is 0 Å². The number of hydrogen-bond donors (Lipinski definition) is 2. The van der Waals surface area contributed by atoms with E-state index in [1.54, 1.807) is 6.92 Å². The molecule has 2 amide bonds. The van der Waals surface area contributed by atoms with Crippen LogP contribution in [0.5, 0.6) is 0 Å². The number of nitrogens with one attached hydrogen (secondary N) is 2. The number of rotatable bonds is 4. The molecular weight excluding hydrogens is 256 g/mol. The summed E-state index contributed by atoms with van der Waals surface area (Å²) in [6, 6.07) is 9.53. The van der Waals surface area contributed by atoms with Crippen LogP contribution >= 0.6 is 0 Å². The second kappa shape index (κ2) is 6.10. The van der Waals surface area contributed by atoms with Crippen LogP contribution in [0.1, 0.15) is 25.8 Å². The van der Waals surface area contributed by atoms with Gasteiger partial charge in [0.2, 0.25) is 11.8 Å². The molecule has 104 valence electrons. The van der Waals surface area contributed by atoms with Gasteiger partial charge in [0.1, 0.15) is 0 Å². The molecule has 20 heavy (non-hydrogen) atoms. The quantitative estimate of drug-likeness (QED) is 0.634. The first-order valence-electron chi connectivity index (χ1n) is 6.30. The minimum atomic E-state index is -0.498. The molecule has 0 radical (unpaired) electrons. The largest absolute Gasteiger partial charge is 0.273 e. The van der Waals surface area contributed by atoms with Crippen molar-refractivity contribution in [1.29, 1.82) is 0 Å². The van der Waals surface area contributed by atoms with E-state index in [1.807, 2.05) is 37.3 Å². The van der Waals surface area contributed by atoms with Crippen molar-refractivity contribution in [2.75, 3.05) is 0 Å². The lowest BCUT2D eigenvalue weighted by Gasteiger charge is -2.06. The van der Waals surface area contributed by atoms with Crippen molar-refractivity contribution in [3.05, 3.63) is 35.9 Å². The van der Waals surface area contributed by atoms with Gasteiger partial charge in [0, 0.05) is 12.1 Å². The van der Waals surface area contributed by atoms with Gasteiger partial charge in [-0.3, -0.25) is 9.59 Å². The molecule has 0 bridgehead atoms. The van der Waals surface area contributed by atoms with Crippen LogP contribution < -0.4 is 10.9 Å². The SMILES string of the molecule is CC1=NNC(=O)C1CC(=O)N/N=C(/C)c1ccccc1. The van der Waals surface area contributed by atoms with Crippen molar-refractivity contribution in [2.45, 2.75) is 20.3 Å². The molecular formula is C14H16N4O2. The first-order chi connectivity index (χ1) is 9.58. The zero-order valence-electron chi connectivity index (χ0n) is 11.4. The van der Waals surface area contributed by atoms with Gasteiger partial charge in [-0.05, 0) is 19.4 Å². The Morgan fingerprint density at radius 3 is 2.70 bits per heavy atom. The molecule has 0 saturated carbocycles. The third-order valence-electron chi connectivity index (χ3n) is 3.09. The standard InChI is InChI=1S/C14H16N4O2/c1-9(11-6-4-3-5-7-11)15-17-13(19)8-12-10(2)16-18-14(12)20/h3-7,12H,8H2,1-2H3,(H,17,19)(H,18,20)/b15-9-. The van der Waals surface area contributed by atoms with Crippen LogP contribution in [0, 0.1) is 5.92 Å². The lowest BCUT2D eigenvalue weighted by Crippen LogP contribution is -2.29. The number of nitrogens with zero attached hydrogens (tertiary/aromatic N) is 2. The maximum absolute atomic E-state index is 11.8. The highest BCUT2D eigenvalue weighted by molar-refractivity contribution is 6.09. The molecule has 1 aromatic carbocycles. The summed E-state index contributed by atoms with van der Waals surface area (Å²) in [6.07, 6.45) is 0.0483. The maximum Gasteiger partial charge on any atom is 0.249 e. The van der Waals surface area contributed by atoms with Gasteiger partial charge in [-0.25, -0.2) is 10.9 Å². The molecule has 1 aromatic rings. The van der Waals surface area contributed by atoms with Gasteiger partial charge in [-0.15, -0.1) is 0 Å². The van der Waals surface area contributed by atoms with E-state index in [0.29, 0.717) is 11.4 Å². The van der Waals surface area contributed by atoms with Gasteiger partial charge in [-0.1, -0.05) is 30.3 Å². The van der Waals surface area contributed by atoms with Crippen LogP contribution in [0.4, 0.5) is 0 Å². The summed E-state index contributed by atoms with van der Waals surface area (Å²) in [5.41, 5.74) is 7.07. The number of carbonyl (C=O) groups excluding carboxylic acids is 2. The van der Waals surface area contributed by atoms with E-state index in [2.05, 4.69) is 21.1 Å². The van der Waals surface area contributed by atoms with Crippen molar-refractivity contribution in [1.82, 2.24) is 10.9 Å². The third-order valence-corrected chi connectivity index (χ3v) is 3.09. The first-order valence-corrected chi connectivity index (χ1v) is 6.30. The minimum absolute atomic E-state index is 0.0483. The van der Waals surface area contributed by atoms with Crippen LogP contribution in [0.3, 0.4) is 0 Å². The monoisotopic (exact) mass is 272 g/mol. The number of amides is 2. The fourth-order valence-electron chi connectivity index (χ4n) is 1.85. The van der Waals surface area contributed by atoms with Crippen molar-refractivity contribution >= 4 is 23.2 Å². The van der Waals surface area contributed by atoms with Crippen molar-refractivity contribution in [3.8, 4) is 0 Å². The van der Waals surface area contributed by atoms with Crippen molar-refractivity contribution in [2.24, 2.45) is 16.1 Å². The molecule has 1 unspecified atom stereocenters. The molecule has 6 heteroatoms. The van der Waals surface area contributed by atoms with Crippen molar-refractivity contribution in [3.63, 3.8) is 0 Å². The number of hydrogen-bond acceptors (Lipinski definition) is 4. The molecule has 1 aliphatic rings. The van der Waals surface area contributed by atoms with Crippen molar-refractivity contribution < 1.29 is 9.59 Å². The Balaban J connectivity index is 1.92. The molecule has 2 rings (SSSR count). The van der Waals surface area contributed by atoms with E-state index in [1.165, 1.54) is 0 Å². The number of benzene rings is 1. The normalized spacial score (nSPS) is 18.5. The fraction of sp³-hybridized carbons (Fsp3) is 0.286. The second-order valence-electron chi connectivity index (χ2n) is 4.58. The summed E-state index contributed by atoms with van der Waals surface area (Å²) in [7, 11) is 0. The zero-order chi connectivity index (χ0) is 14.5. The third kappa shape index (κ3) is 3.28. The first kappa shape index (κ1) is 13.9. The summed E-state index contributed by atoms with van der Waals surface area (Å²) in [5.74, 6) is -1.06. The Morgan fingerprint density at radius 1 is 1.40 bits per heavy atom. The summed E-state index contributed by atoms with van der Waals surface area (Å²) in [5, 5.41) is 7.83. The van der Waals surface area contributed by atoms with E-state index in [4.69, 9.17) is 0 Å². The lowest BCUT2D eigenvalue weighted by atomic mass is 10.0. The van der Waals surface area contributed by atoms with Crippen LogP contribution in [0.2, 0.25) is 0 Å². The zero-order valence-corrected chi connectivity index (χ0v) is 11.4. The predicted molar refractivity (Wildman–Crippen MR) is 76.2 cm³/mol. The highest BCUT2D eigenvalue weighted by Crippen LogP contribution is 2.11. The average molecular weight is 272 g/mol. The van der Waals surface area contributed by atoms with Crippen LogP contribution in [-0.2, 0) is 9.59 Å². The van der Waals surface area contributed by atoms with Gasteiger partial charge >= 0.3 is 0 Å². The maximum atomic E-state index is 11.8. The Bertz CT molecular complexity index is 578. The van der Waals surface area contributed by atoms with Gasteiger partial charge in [0.05, 0.1) is 11.6 Å². The summed E-state index contributed by atoms with van der Waals surface area (Å²) in [6.45, 7) is 3.53. The lowest BCUT2D eigenvalue weighted by molar-refractivity contribution is -0.127. The van der Waals surface area contributed by atoms with E-state index < -0.39 is 5.92 Å². The number of carbonyl (C=O) groups is 2. The average Bonchev–Trinajstić information content (AvgIpc) is 2.77. The smallest absolute Gasteiger partial charge is 0.249 e. The van der Waals surface area contributed by atoms with Gasteiger partial charge in [0.25, 0.3) is 0 Å². The topological polar surface area (TPSA) is 82.9 Å². The Labute approximate surface area is 116 Å². The predicted octanol–water partition coefficient (Wildman–Crippen LogP) is 1.04. The fourth-order valence-corrected chi connectivity index (χ4v) is 1.85. The minimum Gasteiger partial charge on any atom is -0.273 e. The summed E-state index contributed by atoms with van der Waals surface area (Å²) in [4.78, 5) is 23.2. The van der Waals surface area contributed by atoms with Crippen LogP contribution in [0.15, 0.2) is 40.5 Å². The van der Waals surface area contributed by atoms with Gasteiger partial charge in [0.15, 0.2) is 0 Å². The Kier molecular flexibility index (Phi) is 4.24. The summed E-state index contributed by atoms with van der Waals surface area (Å²) >= 11 is 0. The van der Waals surface area contributed by atoms with Gasteiger partial charge in [-0.2, -0.15) is 10.2 Å². The Hall–Kier alpha value is -2.50. The number of hydrazone groups is 2. The highest BCUT2D eigenvalue weighted by atomic mass is 16.2. The van der Waals surface area contributed by atoms with Crippen LogP contribution in [-0.4, -0.2) is 23.2 Å². The summed E-state index contributed by atoms with van der Waals surface area (Å²) < 4.78 is 0. The van der Waals surface area contributed by atoms with Gasteiger partial charge < -0.3 is 0 Å². The second-order valence-corrected chi connectivity index (χ2v) is 4.58. The molecule has 1 heterocycles. The molecule has 0 spiro atoms. The van der Waals surface area contributed by atoms with E-state index in [0.717, 1.165) is 5.56 Å². The molecule has 0 fully saturated rings. The van der Waals surface area contributed by atoms with E-state index >= 15 is 0 Å². The molecule has 0 saturated heterocycles. The molecule has 0 aromatic heterocycles.